The third kappa shape index (κ3) is 4.67. The smallest absolute Gasteiger partial charge is 0.247 e. The highest BCUT2D eigenvalue weighted by atomic mass is 32.1. The summed E-state index contributed by atoms with van der Waals surface area (Å²) in [6.45, 7) is 3.94. The predicted octanol–water partition coefficient (Wildman–Crippen LogP) is 1.84. The number of halogens is 1. The SMILES string of the molecule is COc1ccc(C[NH+]2CCN(C(=O)/C=C/c3cccs3)CC2)cc1F. The fourth-order valence-electron chi connectivity index (χ4n) is 2.97. The highest BCUT2D eigenvalue weighted by Gasteiger charge is 2.22. The first kappa shape index (κ1) is 17.6. The number of amides is 1. The zero-order chi connectivity index (χ0) is 17.6. The summed E-state index contributed by atoms with van der Waals surface area (Å²) in [6.07, 6.45) is 3.52. The van der Waals surface area contributed by atoms with Crippen LogP contribution in [0.5, 0.6) is 5.75 Å². The third-order valence-corrected chi connectivity index (χ3v) is 5.22. The molecule has 1 aromatic heterocycles. The van der Waals surface area contributed by atoms with E-state index >= 15 is 0 Å². The van der Waals surface area contributed by atoms with E-state index in [2.05, 4.69) is 0 Å². The van der Waals surface area contributed by atoms with Gasteiger partial charge in [0.1, 0.15) is 6.54 Å². The standard InChI is InChI=1S/C19H21FN2O2S/c1-24-18-6-4-15(13-17(18)20)14-21-8-10-22(11-9-21)19(23)7-5-16-3-2-12-25-16/h2-7,12-13H,8-11,14H2,1H3/p+1/b7-5+. The minimum Gasteiger partial charge on any atom is -0.494 e. The summed E-state index contributed by atoms with van der Waals surface area (Å²) in [5, 5.41) is 1.99. The lowest BCUT2D eigenvalue weighted by atomic mass is 10.2. The van der Waals surface area contributed by atoms with Gasteiger partial charge in [-0.05, 0) is 35.7 Å². The minimum atomic E-state index is -0.327. The van der Waals surface area contributed by atoms with Crippen molar-refractivity contribution in [3.05, 3.63) is 58.0 Å². The van der Waals surface area contributed by atoms with Gasteiger partial charge in [-0.3, -0.25) is 4.79 Å². The minimum absolute atomic E-state index is 0.0583. The Morgan fingerprint density at radius 2 is 2.16 bits per heavy atom. The molecule has 1 saturated heterocycles. The number of methoxy groups -OCH3 is 1. The van der Waals surface area contributed by atoms with E-state index in [0.29, 0.717) is 0 Å². The number of benzene rings is 1. The Morgan fingerprint density at radius 3 is 2.80 bits per heavy atom. The van der Waals surface area contributed by atoms with Gasteiger partial charge in [0.15, 0.2) is 11.6 Å². The molecule has 132 valence electrons. The highest BCUT2D eigenvalue weighted by molar-refractivity contribution is 7.10. The number of piperazine rings is 1. The average molecular weight is 361 g/mol. The number of thiophene rings is 1. The van der Waals surface area contributed by atoms with Crippen LogP contribution >= 0.6 is 11.3 Å². The van der Waals surface area contributed by atoms with Crippen LogP contribution in [0.2, 0.25) is 0 Å². The molecular weight excluding hydrogens is 339 g/mol. The van der Waals surface area contributed by atoms with E-state index in [4.69, 9.17) is 4.74 Å². The Labute approximate surface area is 151 Å². The van der Waals surface area contributed by atoms with Crippen molar-refractivity contribution in [2.75, 3.05) is 33.3 Å². The van der Waals surface area contributed by atoms with Crippen LogP contribution in [0, 0.1) is 5.82 Å². The van der Waals surface area contributed by atoms with Crippen LogP contribution in [0.3, 0.4) is 0 Å². The summed E-state index contributed by atoms with van der Waals surface area (Å²) in [5.41, 5.74) is 0.950. The molecule has 2 heterocycles. The fraction of sp³-hybridized carbons (Fsp3) is 0.316. The molecule has 0 aliphatic carbocycles. The summed E-state index contributed by atoms with van der Waals surface area (Å²) in [5.74, 6) is 0.00145. The van der Waals surface area contributed by atoms with Crippen LogP contribution < -0.4 is 9.64 Å². The molecule has 3 rings (SSSR count). The number of carbonyl (C=O) groups excluding carboxylic acids is 1. The monoisotopic (exact) mass is 361 g/mol. The van der Waals surface area contributed by atoms with Crippen molar-refractivity contribution < 1.29 is 18.8 Å². The molecule has 0 unspecified atom stereocenters. The van der Waals surface area contributed by atoms with E-state index in [1.807, 2.05) is 34.6 Å². The van der Waals surface area contributed by atoms with Crippen molar-refractivity contribution >= 4 is 23.3 Å². The topological polar surface area (TPSA) is 34.0 Å². The van der Waals surface area contributed by atoms with Crippen LogP contribution in [0.25, 0.3) is 6.08 Å². The largest absolute Gasteiger partial charge is 0.494 e. The molecule has 1 N–H and O–H groups in total. The molecule has 0 saturated carbocycles. The molecule has 1 aliphatic heterocycles. The second kappa shape index (κ2) is 8.27. The van der Waals surface area contributed by atoms with Gasteiger partial charge in [0.25, 0.3) is 0 Å². The average Bonchev–Trinajstić information content (AvgIpc) is 3.14. The van der Waals surface area contributed by atoms with E-state index in [0.717, 1.165) is 43.2 Å². The van der Waals surface area contributed by atoms with Gasteiger partial charge >= 0.3 is 0 Å². The molecule has 0 spiro atoms. The molecule has 6 heteroatoms. The molecular formula is C19H22FN2O2S+. The Morgan fingerprint density at radius 1 is 1.36 bits per heavy atom. The number of ether oxygens (including phenoxy) is 1. The van der Waals surface area contributed by atoms with Crippen molar-refractivity contribution in [2.24, 2.45) is 0 Å². The first-order valence-electron chi connectivity index (χ1n) is 8.32. The molecule has 1 fully saturated rings. The van der Waals surface area contributed by atoms with Gasteiger partial charge in [-0.15, -0.1) is 11.3 Å². The zero-order valence-corrected chi connectivity index (χ0v) is 15.0. The number of quaternary nitrogens is 1. The fourth-order valence-corrected chi connectivity index (χ4v) is 3.59. The van der Waals surface area contributed by atoms with Crippen molar-refractivity contribution in [1.29, 1.82) is 0 Å². The molecule has 4 nitrogen and oxygen atoms in total. The molecule has 2 aromatic rings. The van der Waals surface area contributed by atoms with Crippen molar-refractivity contribution in [2.45, 2.75) is 6.54 Å². The molecule has 1 aromatic carbocycles. The predicted molar refractivity (Wildman–Crippen MR) is 97.3 cm³/mol. The van der Waals surface area contributed by atoms with Crippen LogP contribution in [0.15, 0.2) is 41.8 Å². The van der Waals surface area contributed by atoms with Gasteiger partial charge in [-0.2, -0.15) is 0 Å². The number of hydrogen-bond donors (Lipinski definition) is 1. The van der Waals surface area contributed by atoms with E-state index in [9.17, 15) is 9.18 Å². The van der Waals surface area contributed by atoms with Crippen molar-refractivity contribution in [3.8, 4) is 5.75 Å². The molecule has 1 aliphatic rings. The third-order valence-electron chi connectivity index (χ3n) is 4.39. The van der Waals surface area contributed by atoms with E-state index in [-0.39, 0.29) is 17.5 Å². The summed E-state index contributed by atoms with van der Waals surface area (Å²) in [6, 6.07) is 9.06. The van der Waals surface area contributed by atoms with Gasteiger partial charge in [-0.25, -0.2) is 4.39 Å². The second-order valence-electron chi connectivity index (χ2n) is 6.07. The van der Waals surface area contributed by atoms with Gasteiger partial charge < -0.3 is 14.5 Å². The molecule has 25 heavy (non-hydrogen) atoms. The highest BCUT2D eigenvalue weighted by Crippen LogP contribution is 2.17. The Hall–Kier alpha value is -2.18. The first-order chi connectivity index (χ1) is 12.2. The van der Waals surface area contributed by atoms with Crippen LogP contribution in [0.1, 0.15) is 10.4 Å². The van der Waals surface area contributed by atoms with Crippen molar-refractivity contribution in [1.82, 2.24) is 4.90 Å². The van der Waals surface area contributed by atoms with Gasteiger partial charge in [0.05, 0.1) is 33.3 Å². The Bertz CT molecular complexity index is 738. The van der Waals surface area contributed by atoms with Gasteiger partial charge in [0.2, 0.25) is 5.91 Å². The summed E-state index contributed by atoms with van der Waals surface area (Å²) in [7, 11) is 1.46. The molecule has 0 bridgehead atoms. The number of carbonyl (C=O) groups is 1. The molecule has 0 radical (unpaired) electrons. The normalized spacial score (nSPS) is 15.7. The summed E-state index contributed by atoms with van der Waals surface area (Å²) >= 11 is 1.62. The maximum absolute atomic E-state index is 13.8. The van der Waals surface area contributed by atoms with Gasteiger partial charge in [-0.1, -0.05) is 6.07 Å². The van der Waals surface area contributed by atoms with Crippen LogP contribution in [-0.2, 0) is 11.3 Å². The summed E-state index contributed by atoms with van der Waals surface area (Å²) in [4.78, 5) is 16.6. The lowest BCUT2D eigenvalue weighted by Crippen LogP contribution is -3.13. The zero-order valence-electron chi connectivity index (χ0n) is 14.2. The van der Waals surface area contributed by atoms with Gasteiger partial charge in [0, 0.05) is 16.5 Å². The van der Waals surface area contributed by atoms with E-state index in [1.54, 1.807) is 23.5 Å². The second-order valence-corrected chi connectivity index (χ2v) is 7.05. The van der Waals surface area contributed by atoms with Crippen LogP contribution in [-0.4, -0.2) is 44.1 Å². The lowest BCUT2D eigenvalue weighted by molar-refractivity contribution is -0.917. The summed E-state index contributed by atoms with van der Waals surface area (Å²) < 4.78 is 18.7. The number of rotatable bonds is 5. The van der Waals surface area contributed by atoms with E-state index in [1.165, 1.54) is 18.1 Å². The Kier molecular flexibility index (Phi) is 5.83. The lowest BCUT2D eigenvalue weighted by Gasteiger charge is -2.31. The number of nitrogens with one attached hydrogen (secondary N) is 1. The maximum atomic E-state index is 13.8. The quantitative estimate of drug-likeness (QED) is 0.825. The van der Waals surface area contributed by atoms with Crippen LogP contribution in [0.4, 0.5) is 4.39 Å². The number of nitrogens with zero attached hydrogens (tertiary/aromatic N) is 1. The van der Waals surface area contributed by atoms with Crippen molar-refractivity contribution in [3.63, 3.8) is 0 Å². The molecule has 0 atom stereocenters. The first-order valence-corrected chi connectivity index (χ1v) is 9.20. The molecule has 1 amide bonds. The Balaban J connectivity index is 1.50. The van der Waals surface area contributed by atoms with E-state index < -0.39 is 0 Å². The maximum Gasteiger partial charge on any atom is 0.247 e. The number of hydrogen-bond acceptors (Lipinski definition) is 3.